The Kier molecular flexibility index (Phi) is 8.03. The zero-order valence-electron chi connectivity index (χ0n) is 15.6. The minimum absolute atomic E-state index is 0.285. The monoisotopic (exact) mass is 432 g/mol. The first-order valence-corrected chi connectivity index (χ1v) is 9.07. The smallest absolute Gasteiger partial charge is 0.417 e. The van der Waals surface area contributed by atoms with Crippen molar-refractivity contribution in [3.05, 3.63) is 47.7 Å². The van der Waals surface area contributed by atoms with Gasteiger partial charge < -0.3 is 14.5 Å². The van der Waals surface area contributed by atoms with Gasteiger partial charge in [0.05, 0.1) is 29.6 Å². The van der Waals surface area contributed by atoms with Crippen LogP contribution in [0.2, 0.25) is 0 Å². The van der Waals surface area contributed by atoms with Crippen LogP contribution in [0.3, 0.4) is 0 Å². The molecule has 1 fully saturated rings. The third-order valence-corrected chi connectivity index (χ3v) is 4.22. The van der Waals surface area contributed by atoms with Crippen molar-refractivity contribution in [1.29, 1.82) is 0 Å². The Morgan fingerprint density at radius 2 is 1.83 bits per heavy atom. The van der Waals surface area contributed by atoms with Gasteiger partial charge in [0.15, 0.2) is 0 Å². The molecule has 158 valence electrons. The van der Waals surface area contributed by atoms with Crippen LogP contribution in [0.4, 0.5) is 19.1 Å². The summed E-state index contributed by atoms with van der Waals surface area (Å²) >= 11 is 3.64. The fourth-order valence-electron chi connectivity index (χ4n) is 2.91. The lowest BCUT2D eigenvalue weighted by molar-refractivity contribution is -0.138. The van der Waals surface area contributed by atoms with Crippen LogP contribution < -0.4 is 9.64 Å². The summed E-state index contributed by atoms with van der Waals surface area (Å²) in [6, 6.07) is 6.51. The summed E-state index contributed by atoms with van der Waals surface area (Å²) < 4.78 is 51.3. The van der Waals surface area contributed by atoms with E-state index in [-0.39, 0.29) is 18.7 Å². The van der Waals surface area contributed by atoms with Crippen molar-refractivity contribution < 1.29 is 27.4 Å². The van der Waals surface area contributed by atoms with E-state index in [1.165, 1.54) is 23.1 Å². The normalized spacial score (nSPS) is 14.1. The Balaban J connectivity index is 0.00000145. The first kappa shape index (κ1) is 22.7. The summed E-state index contributed by atoms with van der Waals surface area (Å²) in [6.07, 6.45) is -2.98. The van der Waals surface area contributed by atoms with E-state index in [0.717, 1.165) is 6.07 Å². The van der Waals surface area contributed by atoms with Gasteiger partial charge in [0.2, 0.25) is 11.8 Å². The van der Waals surface area contributed by atoms with Crippen molar-refractivity contribution in [2.24, 2.45) is 0 Å². The highest BCUT2D eigenvalue weighted by Gasteiger charge is 2.36. The molecule has 7 nitrogen and oxygen atoms in total. The van der Waals surface area contributed by atoms with Crippen LogP contribution in [0.25, 0.3) is 0 Å². The summed E-state index contributed by atoms with van der Waals surface area (Å²) in [4.78, 5) is 24.4. The molecule has 0 unspecified atom stereocenters. The number of aromatic nitrogens is 2. The van der Waals surface area contributed by atoms with Gasteiger partial charge in [-0.05, 0) is 19.1 Å². The Morgan fingerprint density at radius 3 is 2.45 bits per heavy atom. The quantitative estimate of drug-likeness (QED) is 0.800. The second-order valence-electron chi connectivity index (χ2n) is 5.95. The van der Waals surface area contributed by atoms with Gasteiger partial charge in [-0.1, -0.05) is 12.1 Å². The van der Waals surface area contributed by atoms with Gasteiger partial charge in [-0.2, -0.15) is 18.2 Å². The Hall–Kier alpha value is -2.59. The molecule has 0 saturated carbocycles. The number of amides is 1. The topological polar surface area (TPSA) is 78.8 Å². The van der Waals surface area contributed by atoms with E-state index >= 15 is 0 Å². The molecule has 1 aliphatic rings. The molecule has 1 saturated heterocycles. The van der Waals surface area contributed by atoms with Crippen LogP contribution in [0, 0.1) is 0 Å². The largest absolute Gasteiger partial charge is 0.478 e. The number of benzene rings is 1. The number of piperazine rings is 1. The highest BCUT2D eigenvalue weighted by atomic mass is 35.5. The molecule has 0 spiro atoms. The Labute approximate surface area is 170 Å². The third kappa shape index (κ3) is 5.70. The molecule has 0 aliphatic carbocycles. The van der Waals surface area contributed by atoms with Crippen LogP contribution >= 0.6 is 11.9 Å². The van der Waals surface area contributed by atoms with E-state index < -0.39 is 17.6 Å². The molecule has 3 rings (SSSR count). The fraction of sp³-hybridized carbons (Fsp3) is 0.389. The van der Waals surface area contributed by atoms with Crippen LogP contribution in [0.1, 0.15) is 22.8 Å². The van der Waals surface area contributed by atoms with Crippen molar-refractivity contribution in [2.45, 2.75) is 13.1 Å². The molecule has 1 aromatic heterocycles. The van der Waals surface area contributed by atoms with Crippen LogP contribution in [0.5, 0.6) is 5.88 Å². The minimum Gasteiger partial charge on any atom is -0.478 e. The maximum atomic E-state index is 13.2. The first-order valence-electron chi connectivity index (χ1n) is 8.73. The molecule has 2 heterocycles. The van der Waals surface area contributed by atoms with Crippen molar-refractivity contribution in [2.75, 3.05) is 37.7 Å². The molecule has 2 aromatic rings. The first-order chi connectivity index (χ1) is 13.9. The number of carbonyl (C=O) groups is 1. The van der Waals surface area contributed by atoms with E-state index in [9.17, 15) is 18.0 Å². The van der Waals surface area contributed by atoms with Crippen molar-refractivity contribution >= 4 is 23.7 Å². The van der Waals surface area contributed by atoms with Crippen LogP contribution in [-0.4, -0.2) is 58.2 Å². The highest BCUT2D eigenvalue weighted by molar-refractivity contribution is 6.04. The molecular formula is C18H20ClF3N4O3. The van der Waals surface area contributed by atoms with Gasteiger partial charge in [0, 0.05) is 38.4 Å². The fourth-order valence-corrected chi connectivity index (χ4v) is 2.91. The summed E-state index contributed by atoms with van der Waals surface area (Å²) in [7, 11) is 0. The lowest BCUT2D eigenvalue weighted by Crippen LogP contribution is -2.49. The molecule has 0 radical (unpaired) electrons. The van der Waals surface area contributed by atoms with Gasteiger partial charge in [-0.3, -0.25) is 9.45 Å². The molecule has 0 atom stereocenters. The second-order valence-corrected chi connectivity index (χ2v) is 5.95. The summed E-state index contributed by atoms with van der Waals surface area (Å²) in [5.41, 5.74) is -1.24. The molecule has 1 aromatic carbocycles. The van der Waals surface area contributed by atoms with E-state index in [1.807, 2.05) is 11.8 Å². The maximum absolute atomic E-state index is 13.2. The van der Waals surface area contributed by atoms with E-state index in [0.29, 0.717) is 31.5 Å². The second kappa shape index (κ2) is 10.3. The molecule has 1 N–H and O–H groups in total. The van der Waals surface area contributed by atoms with E-state index in [4.69, 9.17) is 9.40 Å². The summed E-state index contributed by atoms with van der Waals surface area (Å²) in [6.45, 7) is 3.76. The molecule has 0 bridgehead atoms. The van der Waals surface area contributed by atoms with E-state index in [1.54, 1.807) is 12.3 Å². The Bertz CT molecular complexity index is 815. The van der Waals surface area contributed by atoms with Crippen LogP contribution in [-0.2, 0) is 6.18 Å². The summed E-state index contributed by atoms with van der Waals surface area (Å²) in [5, 5.41) is 0. The van der Waals surface area contributed by atoms with Gasteiger partial charge in [0.1, 0.15) is 0 Å². The zero-order chi connectivity index (χ0) is 21.4. The zero-order valence-corrected chi connectivity index (χ0v) is 16.3. The lowest BCUT2D eigenvalue weighted by Gasteiger charge is -2.35. The predicted octanol–water partition coefficient (Wildman–Crippen LogP) is 2.99. The number of hydrogen-bond acceptors (Lipinski definition) is 6. The van der Waals surface area contributed by atoms with Crippen LogP contribution in [0.15, 0.2) is 36.5 Å². The number of halogens is 4. The summed E-state index contributed by atoms with van der Waals surface area (Å²) in [5.74, 6) is 0.315. The minimum atomic E-state index is -4.57. The molecule has 1 aliphatic heterocycles. The molecular weight excluding hydrogens is 413 g/mol. The number of rotatable bonds is 4. The number of anilines is 1. The number of carbonyl (C=O) groups excluding carboxylic acids is 1. The van der Waals surface area contributed by atoms with Crippen molar-refractivity contribution in [3.8, 4) is 5.88 Å². The standard InChI is InChI=1S/C18H19F3N4O2.ClHO/c1-2-27-15-7-8-22-17(23-15)25-11-9-24(10-12-25)16(26)13-5-3-4-6-14(13)18(19,20)21;1-2/h3-8H,2,9-12H2,1H3;2H. The Morgan fingerprint density at radius 1 is 1.17 bits per heavy atom. The number of hydrogen-bond donors (Lipinski definition) is 1. The van der Waals surface area contributed by atoms with Crippen molar-refractivity contribution in [1.82, 2.24) is 14.9 Å². The average Bonchev–Trinajstić information content (AvgIpc) is 2.75. The van der Waals surface area contributed by atoms with Gasteiger partial charge in [0.25, 0.3) is 5.91 Å². The number of ether oxygens (including phenoxy) is 1. The molecule has 11 heteroatoms. The van der Waals surface area contributed by atoms with Gasteiger partial charge >= 0.3 is 6.18 Å². The maximum Gasteiger partial charge on any atom is 0.417 e. The van der Waals surface area contributed by atoms with Crippen molar-refractivity contribution in [3.63, 3.8) is 0 Å². The predicted molar refractivity (Wildman–Crippen MR) is 101 cm³/mol. The van der Waals surface area contributed by atoms with Gasteiger partial charge in [-0.15, -0.1) is 0 Å². The number of nitrogens with zero attached hydrogens (tertiary/aromatic N) is 4. The SMILES string of the molecule is CCOc1ccnc(N2CCN(C(=O)c3ccccc3C(F)(F)F)CC2)n1.OCl. The van der Waals surface area contributed by atoms with Gasteiger partial charge in [-0.25, -0.2) is 4.98 Å². The average molecular weight is 433 g/mol. The highest BCUT2D eigenvalue weighted by Crippen LogP contribution is 2.32. The third-order valence-electron chi connectivity index (χ3n) is 4.22. The van der Waals surface area contributed by atoms with E-state index in [2.05, 4.69) is 21.8 Å². The number of alkyl halides is 3. The molecule has 29 heavy (non-hydrogen) atoms. The molecule has 1 amide bonds. The lowest BCUT2D eigenvalue weighted by atomic mass is 10.1.